The summed E-state index contributed by atoms with van der Waals surface area (Å²) < 4.78 is 0. The zero-order valence-electron chi connectivity index (χ0n) is 14.0. The lowest BCUT2D eigenvalue weighted by atomic mass is 10.1. The maximum atomic E-state index is 4.37. The number of hydrogen-bond acceptors (Lipinski definition) is 2. The minimum absolute atomic E-state index is 1.14. The third kappa shape index (κ3) is 4.16. The highest BCUT2D eigenvalue weighted by Gasteiger charge is 1.97. The average Bonchev–Trinajstić information content (AvgIpc) is 2.35. The molecule has 0 atom stereocenters. The molecular formula is C18H26N2. The average molecular weight is 270 g/mol. The summed E-state index contributed by atoms with van der Waals surface area (Å²) in [5, 5.41) is 0. The van der Waals surface area contributed by atoms with Crippen LogP contribution in [0.2, 0.25) is 0 Å². The number of pyridine rings is 2. The van der Waals surface area contributed by atoms with Crippen LogP contribution in [-0.4, -0.2) is 9.97 Å². The molecule has 0 unspecified atom stereocenters. The molecule has 20 heavy (non-hydrogen) atoms. The van der Waals surface area contributed by atoms with E-state index >= 15 is 0 Å². The molecule has 0 saturated heterocycles. The van der Waals surface area contributed by atoms with Crippen molar-refractivity contribution in [1.29, 1.82) is 0 Å². The summed E-state index contributed by atoms with van der Waals surface area (Å²) in [5.74, 6) is 0. The molecule has 108 valence electrons. The van der Waals surface area contributed by atoms with Crippen LogP contribution in [0.3, 0.4) is 0 Å². The Labute approximate surface area is 123 Å². The Balaban J connectivity index is 0.000000200. The van der Waals surface area contributed by atoms with Crippen molar-refractivity contribution >= 4 is 0 Å². The largest absolute Gasteiger partial charge is 0.258 e. The van der Waals surface area contributed by atoms with Gasteiger partial charge in [0.25, 0.3) is 0 Å². The van der Waals surface area contributed by atoms with Gasteiger partial charge in [0.1, 0.15) is 0 Å². The van der Waals surface area contributed by atoms with Crippen molar-refractivity contribution in [3.63, 3.8) is 0 Å². The zero-order valence-corrected chi connectivity index (χ0v) is 14.0. The van der Waals surface area contributed by atoms with Crippen molar-refractivity contribution in [2.24, 2.45) is 0 Å². The van der Waals surface area contributed by atoms with Crippen LogP contribution in [-0.2, 0) is 0 Å². The van der Waals surface area contributed by atoms with E-state index in [1.165, 1.54) is 22.3 Å². The normalized spacial score (nSPS) is 10.0. The second-order valence-corrected chi connectivity index (χ2v) is 5.59. The van der Waals surface area contributed by atoms with Gasteiger partial charge in [-0.1, -0.05) is 12.1 Å². The van der Waals surface area contributed by atoms with Crippen molar-refractivity contribution < 1.29 is 0 Å². The van der Waals surface area contributed by atoms with Gasteiger partial charge in [-0.05, 0) is 77.6 Å². The van der Waals surface area contributed by atoms with Crippen LogP contribution in [0.5, 0.6) is 0 Å². The smallest absolute Gasteiger partial charge is 0.0405 e. The molecule has 0 aliphatic heterocycles. The Bertz CT molecular complexity index is 457. The van der Waals surface area contributed by atoms with Crippen LogP contribution in [0.4, 0.5) is 0 Å². The van der Waals surface area contributed by atoms with E-state index in [-0.39, 0.29) is 0 Å². The van der Waals surface area contributed by atoms with E-state index in [1.54, 1.807) is 0 Å². The molecule has 2 heteroatoms. The SMILES string of the molecule is Cc1cc(C)c(C)nc1C.Cc1cc(C)c(C)nc1C. The lowest BCUT2D eigenvalue weighted by Gasteiger charge is -2.03. The molecule has 0 radical (unpaired) electrons. The molecule has 0 spiro atoms. The van der Waals surface area contributed by atoms with Gasteiger partial charge in [-0.2, -0.15) is 0 Å². The van der Waals surface area contributed by atoms with Crippen molar-refractivity contribution in [2.75, 3.05) is 0 Å². The first-order valence-corrected chi connectivity index (χ1v) is 7.05. The highest BCUT2D eigenvalue weighted by atomic mass is 14.7. The lowest BCUT2D eigenvalue weighted by molar-refractivity contribution is 1.06. The molecule has 0 aliphatic carbocycles. The van der Waals surface area contributed by atoms with Gasteiger partial charge >= 0.3 is 0 Å². The van der Waals surface area contributed by atoms with Gasteiger partial charge in [-0.25, -0.2) is 0 Å². The van der Waals surface area contributed by atoms with E-state index in [0.29, 0.717) is 0 Å². The number of aromatic nitrogens is 2. The summed E-state index contributed by atoms with van der Waals surface area (Å²) in [4.78, 5) is 8.75. The summed E-state index contributed by atoms with van der Waals surface area (Å²) >= 11 is 0. The minimum atomic E-state index is 1.14. The Hall–Kier alpha value is -1.70. The molecule has 0 amide bonds. The van der Waals surface area contributed by atoms with Crippen LogP contribution in [0.25, 0.3) is 0 Å². The summed E-state index contributed by atoms with van der Waals surface area (Å²) in [6.07, 6.45) is 0. The second-order valence-electron chi connectivity index (χ2n) is 5.59. The number of hydrogen-bond donors (Lipinski definition) is 0. The highest BCUT2D eigenvalue weighted by Crippen LogP contribution is 2.10. The molecule has 2 rings (SSSR count). The van der Waals surface area contributed by atoms with Gasteiger partial charge in [0.15, 0.2) is 0 Å². The number of nitrogens with zero attached hydrogens (tertiary/aromatic N) is 2. The van der Waals surface area contributed by atoms with Crippen LogP contribution < -0.4 is 0 Å². The minimum Gasteiger partial charge on any atom is -0.258 e. The summed E-state index contributed by atoms with van der Waals surface area (Å²) in [6, 6.07) is 4.36. The van der Waals surface area contributed by atoms with E-state index in [2.05, 4.69) is 49.8 Å². The molecule has 2 aromatic heterocycles. The van der Waals surface area contributed by atoms with Crippen LogP contribution in [0.15, 0.2) is 12.1 Å². The first kappa shape index (κ1) is 16.4. The van der Waals surface area contributed by atoms with Crippen LogP contribution >= 0.6 is 0 Å². The molecule has 0 aliphatic rings. The van der Waals surface area contributed by atoms with E-state index < -0.39 is 0 Å². The molecule has 0 fully saturated rings. The fourth-order valence-electron chi connectivity index (χ4n) is 1.92. The highest BCUT2D eigenvalue weighted by molar-refractivity contribution is 5.27. The predicted octanol–water partition coefficient (Wildman–Crippen LogP) is 4.63. The van der Waals surface area contributed by atoms with E-state index in [0.717, 1.165) is 22.8 Å². The van der Waals surface area contributed by atoms with Gasteiger partial charge in [-0.3, -0.25) is 9.97 Å². The van der Waals surface area contributed by atoms with Crippen molar-refractivity contribution in [3.05, 3.63) is 57.2 Å². The first-order valence-electron chi connectivity index (χ1n) is 7.05. The Morgan fingerprint density at radius 1 is 0.450 bits per heavy atom. The van der Waals surface area contributed by atoms with Gasteiger partial charge < -0.3 is 0 Å². The van der Waals surface area contributed by atoms with E-state index in [9.17, 15) is 0 Å². The van der Waals surface area contributed by atoms with Crippen molar-refractivity contribution in [1.82, 2.24) is 9.97 Å². The fraction of sp³-hybridized carbons (Fsp3) is 0.444. The Kier molecular flexibility index (Phi) is 5.43. The first-order chi connectivity index (χ1) is 9.22. The van der Waals surface area contributed by atoms with Crippen LogP contribution in [0, 0.1) is 55.4 Å². The Morgan fingerprint density at radius 2 is 0.650 bits per heavy atom. The molecular weight excluding hydrogens is 244 g/mol. The third-order valence-electron chi connectivity index (χ3n) is 3.82. The van der Waals surface area contributed by atoms with Gasteiger partial charge in [0.05, 0.1) is 0 Å². The van der Waals surface area contributed by atoms with E-state index in [4.69, 9.17) is 0 Å². The second kappa shape index (κ2) is 6.65. The maximum Gasteiger partial charge on any atom is 0.0405 e. The Morgan fingerprint density at radius 3 is 0.800 bits per heavy atom. The van der Waals surface area contributed by atoms with Crippen molar-refractivity contribution in [3.8, 4) is 0 Å². The van der Waals surface area contributed by atoms with Crippen LogP contribution in [0.1, 0.15) is 45.0 Å². The zero-order chi connectivity index (χ0) is 15.4. The number of rotatable bonds is 0. The lowest BCUT2D eigenvalue weighted by Crippen LogP contribution is -1.92. The molecule has 2 aromatic rings. The quantitative estimate of drug-likeness (QED) is 0.697. The number of aryl methyl sites for hydroxylation is 8. The fourth-order valence-corrected chi connectivity index (χ4v) is 1.92. The molecule has 0 aromatic carbocycles. The molecule has 2 nitrogen and oxygen atoms in total. The summed E-state index contributed by atoms with van der Waals surface area (Å²) in [6.45, 7) is 16.5. The molecule has 0 saturated carbocycles. The van der Waals surface area contributed by atoms with Crippen molar-refractivity contribution in [2.45, 2.75) is 55.4 Å². The predicted molar refractivity (Wildman–Crippen MR) is 86.4 cm³/mol. The molecule has 2 heterocycles. The third-order valence-corrected chi connectivity index (χ3v) is 3.82. The summed E-state index contributed by atoms with van der Waals surface area (Å²) in [7, 11) is 0. The maximum absolute atomic E-state index is 4.37. The molecule has 0 N–H and O–H groups in total. The van der Waals surface area contributed by atoms with Gasteiger partial charge in [0, 0.05) is 22.8 Å². The monoisotopic (exact) mass is 270 g/mol. The standard InChI is InChI=1S/2C9H13N/c2*1-6-5-7(2)9(4)10-8(6)3/h2*5H,1-4H3. The topological polar surface area (TPSA) is 25.8 Å². The van der Waals surface area contributed by atoms with Gasteiger partial charge in [-0.15, -0.1) is 0 Å². The van der Waals surface area contributed by atoms with Gasteiger partial charge in [0.2, 0.25) is 0 Å². The molecule has 0 bridgehead atoms. The summed E-state index contributed by atoms with van der Waals surface area (Å²) in [5.41, 5.74) is 9.69. The van der Waals surface area contributed by atoms with E-state index in [1.807, 2.05) is 27.7 Å².